The van der Waals surface area contributed by atoms with Gasteiger partial charge in [0.25, 0.3) is 0 Å². The van der Waals surface area contributed by atoms with E-state index in [1.165, 1.54) is 0 Å². The minimum Gasteiger partial charge on any atom is -0.372 e. The second-order valence-electron chi connectivity index (χ2n) is 3.74. The van der Waals surface area contributed by atoms with Crippen molar-refractivity contribution in [3.63, 3.8) is 0 Å². The molecule has 0 amide bonds. The van der Waals surface area contributed by atoms with Gasteiger partial charge in [0.1, 0.15) is 0 Å². The third-order valence-electron chi connectivity index (χ3n) is 2.58. The Kier molecular flexibility index (Phi) is 3.16. The number of ether oxygens (including phenoxy) is 1. The molecule has 1 fully saturated rings. The Hall–Kier alpha value is -0.870. The molecule has 4 nitrogen and oxygen atoms in total. The van der Waals surface area contributed by atoms with Crippen molar-refractivity contribution in [3.8, 4) is 0 Å². The van der Waals surface area contributed by atoms with Crippen molar-refractivity contribution in [3.05, 3.63) is 18.5 Å². The summed E-state index contributed by atoms with van der Waals surface area (Å²) in [6.07, 6.45) is 6.82. The maximum Gasteiger partial charge on any atom is 0.0776 e. The van der Waals surface area contributed by atoms with Crippen molar-refractivity contribution >= 4 is 0 Å². The fraction of sp³-hybridized carbons (Fsp3) is 0.700. The second-order valence-corrected chi connectivity index (χ2v) is 3.74. The standard InChI is InChI=1S/C10H17N3O/c1-11-7-9-3-4-10(14-9)8-13-6-2-5-12-13/h2,5-6,9-11H,3-4,7-8H2,1H3. The van der Waals surface area contributed by atoms with Gasteiger partial charge in [-0.2, -0.15) is 5.10 Å². The number of aromatic nitrogens is 2. The van der Waals surface area contributed by atoms with Crippen molar-refractivity contribution in [1.82, 2.24) is 15.1 Å². The van der Waals surface area contributed by atoms with E-state index in [0.717, 1.165) is 25.9 Å². The van der Waals surface area contributed by atoms with Crippen LogP contribution in [0.1, 0.15) is 12.8 Å². The van der Waals surface area contributed by atoms with Crippen LogP contribution in [-0.4, -0.2) is 35.6 Å². The first-order valence-corrected chi connectivity index (χ1v) is 5.16. The molecular weight excluding hydrogens is 178 g/mol. The van der Waals surface area contributed by atoms with Crippen LogP contribution < -0.4 is 5.32 Å². The summed E-state index contributed by atoms with van der Waals surface area (Å²) in [5.41, 5.74) is 0. The van der Waals surface area contributed by atoms with E-state index in [2.05, 4.69) is 10.4 Å². The van der Waals surface area contributed by atoms with Crippen molar-refractivity contribution in [1.29, 1.82) is 0 Å². The van der Waals surface area contributed by atoms with Gasteiger partial charge in [0.2, 0.25) is 0 Å². The highest BCUT2D eigenvalue weighted by Crippen LogP contribution is 2.20. The van der Waals surface area contributed by atoms with Crippen LogP contribution in [0, 0.1) is 0 Å². The predicted octanol–water partition coefficient (Wildman–Crippen LogP) is 0.650. The van der Waals surface area contributed by atoms with Gasteiger partial charge in [0.05, 0.1) is 18.8 Å². The van der Waals surface area contributed by atoms with E-state index in [1.54, 1.807) is 6.20 Å². The van der Waals surface area contributed by atoms with Gasteiger partial charge in [0, 0.05) is 18.9 Å². The van der Waals surface area contributed by atoms with Gasteiger partial charge >= 0.3 is 0 Å². The summed E-state index contributed by atoms with van der Waals surface area (Å²) in [5, 5.41) is 7.31. The molecule has 1 N–H and O–H groups in total. The molecule has 1 aromatic rings. The summed E-state index contributed by atoms with van der Waals surface area (Å²) >= 11 is 0. The topological polar surface area (TPSA) is 39.1 Å². The Morgan fingerprint density at radius 2 is 2.36 bits per heavy atom. The molecule has 78 valence electrons. The van der Waals surface area contributed by atoms with Crippen LogP contribution in [0.3, 0.4) is 0 Å². The van der Waals surface area contributed by atoms with Gasteiger partial charge in [-0.25, -0.2) is 0 Å². The summed E-state index contributed by atoms with van der Waals surface area (Å²) in [6, 6.07) is 1.94. The minimum atomic E-state index is 0.341. The minimum absolute atomic E-state index is 0.341. The summed E-state index contributed by atoms with van der Waals surface area (Å²) in [6.45, 7) is 1.84. The molecule has 0 spiro atoms. The Labute approximate surface area is 84.3 Å². The number of likely N-dealkylation sites (N-methyl/N-ethyl adjacent to an activating group) is 1. The zero-order valence-electron chi connectivity index (χ0n) is 8.52. The van der Waals surface area contributed by atoms with Crippen LogP contribution >= 0.6 is 0 Å². The highest BCUT2D eigenvalue weighted by molar-refractivity contribution is 4.81. The molecule has 2 unspecified atom stereocenters. The number of rotatable bonds is 4. The third kappa shape index (κ3) is 2.33. The highest BCUT2D eigenvalue weighted by atomic mass is 16.5. The van der Waals surface area contributed by atoms with E-state index >= 15 is 0 Å². The monoisotopic (exact) mass is 195 g/mol. The molecule has 0 aromatic carbocycles. The van der Waals surface area contributed by atoms with E-state index < -0.39 is 0 Å². The first kappa shape index (κ1) is 9.68. The SMILES string of the molecule is CNCC1CCC(Cn2cccn2)O1. The number of nitrogens with one attached hydrogen (secondary N) is 1. The lowest BCUT2D eigenvalue weighted by atomic mass is 10.2. The lowest BCUT2D eigenvalue weighted by Gasteiger charge is -2.13. The Balaban J connectivity index is 1.79. The number of hydrogen-bond acceptors (Lipinski definition) is 3. The van der Waals surface area contributed by atoms with Crippen molar-refractivity contribution in [2.75, 3.05) is 13.6 Å². The van der Waals surface area contributed by atoms with E-state index in [9.17, 15) is 0 Å². The lowest BCUT2D eigenvalue weighted by Crippen LogP contribution is -2.25. The zero-order chi connectivity index (χ0) is 9.80. The molecule has 0 aliphatic carbocycles. The fourth-order valence-corrected chi connectivity index (χ4v) is 1.91. The Morgan fingerprint density at radius 3 is 3.07 bits per heavy atom. The van der Waals surface area contributed by atoms with Crippen molar-refractivity contribution < 1.29 is 4.74 Å². The first-order chi connectivity index (χ1) is 6.88. The molecule has 0 bridgehead atoms. The van der Waals surface area contributed by atoms with Gasteiger partial charge in [0.15, 0.2) is 0 Å². The van der Waals surface area contributed by atoms with Gasteiger partial charge in [-0.15, -0.1) is 0 Å². The largest absolute Gasteiger partial charge is 0.372 e. The zero-order valence-corrected chi connectivity index (χ0v) is 8.52. The number of nitrogens with zero attached hydrogens (tertiary/aromatic N) is 2. The molecule has 0 radical (unpaired) electrons. The van der Waals surface area contributed by atoms with Crippen LogP contribution in [0.4, 0.5) is 0 Å². The van der Waals surface area contributed by atoms with Crippen LogP contribution in [-0.2, 0) is 11.3 Å². The van der Waals surface area contributed by atoms with Crippen LogP contribution in [0.25, 0.3) is 0 Å². The maximum atomic E-state index is 5.85. The molecule has 2 rings (SSSR count). The average molecular weight is 195 g/mol. The van der Waals surface area contributed by atoms with E-state index in [1.807, 2.05) is 24.0 Å². The average Bonchev–Trinajstić information content (AvgIpc) is 2.79. The predicted molar refractivity (Wildman–Crippen MR) is 54.0 cm³/mol. The van der Waals surface area contributed by atoms with Crippen LogP contribution in [0.2, 0.25) is 0 Å². The molecular formula is C10H17N3O. The molecule has 2 atom stereocenters. The Bertz CT molecular complexity index is 260. The first-order valence-electron chi connectivity index (χ1n) is 5.16. The van der Waals surface area contributed by atoms with E-state index in [-0.39, 0.29) is 0 Å². The smallest absolute Gasteiger partial charge is 0.0776 e. The second kappa shape index (κ2) is 4.57. The maximum absolute atomic E-state index is 5.85. The van der Waals surface area contributed by atoms with E-state index in [0.29, 0.717) is 12.2 Å². The van der Waals surface area contributed by atoms with Crippen LogP contribution in [0.5, 0.6) is 0 Å². The quantitative estimate of drug-likeness (QED) is 0.766. The molecule has 1 saturated heterocycles. The highest BCUT2D eigenvalue weighted by Gasteiger charge is 2.24. The normalized spacial score (nSPS) is 26.9. The molecule has 0 saturated carbocycles. The van der Waals surface area contributed by atoms with E-state index in [4.69, 9.17) is 4.74 Å². The molecule has 1 aliphatic heterocycles. The summed E-state index contributed by atoms with van der Waals surface area (Å²) in [5.74, 6) is 0. The molecule has 1 aliphatic rings. The van der Waals surface area contributed by atoms with Gasteiger partial charge in [-0.3, -0.25) is 4.68 Å². The molecule has 1 aromatic heterocycles. The van der Waals surface area contributed by atoms with Crippen molar-refractivity contribution in [2.45, 2.75) is 31.6 Å². The fourth-order valence-electron chi connectivity index (χ4n) is 1.91. The summed E-state index contributed by atoms with van der Waals surface area (Å²) < 4.78 is 7.79. The Morgan fingerprint density at radius 1 is 1.50 bits per heavy atom. The van der Waals surface area contributed by atoms with Gasteiger partial charge in [-0.05, 0) is 26.0 Å². The van der Waals surface area contributed by atoms with Gasteiger partial charge in [-0.1, -0.05) is 0 Å². The molecule has 2 heterocycles. The summed E-state index contributed by atoms with van der Waals surface area (Å²) in [4.78, 5) is 0. The lowest BCUT2D eigenvalue weighted by molar-refractivity contribution is 0.0351. The molecule has 14 heavy (non-hydrogen) atoms. The van der Waals surface area contributed by atoms with Crippen LogP contribution in [0.15, 0.2) is 18.5 Å². The van der Waals surface area contributed by atoms with Crippen molar-refractivity contribution in [2.24, 2.45) is 0 Å². The van der Waals surface area contributed by atoms with Gasteiger partial charge < -0.3 is 10.1 Å². The molecule has 4 heteroatoms. The number of hydrogen-bond donors (Lipinski definition) is 1. The summed E-state index contributed by atoms with van der Waals surface area (Å²) in [7, 11) is 1.96. The third-order valence-corrected chi connectivity index (χ3v) is 2.58.